The molecule has 7 nitrogen and oxygen atoms in total. The van der Waals surface area contributed by atoms with Gasteiger partial charge in [-0.25, -0.2) is 19.9 Å². The molecule has 0 spiro atoms. The minimum Gasteiger partial charge on any atom is -0.481 e. The van der Waals surface area contributed by atoms with Crippen molar-refractivity contribution in [2.45, 2.75) is 6.92 Å². The molecule has 0 saturated carbocycles. The zero-order valence-electron chi connectivity index (χ0n) is 21.2. The Labute approximate surface area is 216 Å². The first-order valence-corrected chi connectivity index (χ1v) is 11.8. The topological polar surface area (TPSA) is 67.9 Å². The summed E-state index contributed by atoms with van der Waals surface area (Å²) in [6, 6.07) is 21.7. The number of benzene rings is 1. The van der Waals surface area contributed by atoms with Gasteiger partial charge in [-0.05, 0) is 66.9 Å². The quantitative estimate of drug-likeness (QED) is 0.189. The van der Waals surface area contributed by atoms with E-state index in [1.165, 1.54) is 0 Å². The molecule has 0 N–H and O–H groups in total. The molecule has 4 aromatic heterocycles. The number of aryl methyl sites for hydroxylation is 1. The van der Waals surface area contributed by atoms with E-state index in [2.05, 4.69) is 39.2 Å². The SMILES string of the molecule is COc1ncccc1-c1nc2cc(C)ccn2c1-c1ccc(/N=C/N(C)C)nc1C#Cc1ccccc1. The second-order valence-corrected chi connectivity index (χ2v) is 8.69. The predicted molar refractivity (Wildman–Crippen MR) is 147 cm³/mol. The highest BCUT2D eigenvalue weighted by atomic mass is 16.5. The van der Waals surface area contributed by atoms with Gasteiger partial charge < -0.3 is 9.64 Å². The molecule has 5 aromatic rings. The Morgan fingerprint density at radius 3 is 2.57 bits per heavy atom. The van der Waals surface area contributed by atoms with Crippen LogP contribution in [0.3, 0.4) is 0 Å². The molecule has 0 aliphatic carbocycles. The number of nitrogens with zero attached hydrogens (tertiary/aromatic N) is 6. The largest absolute Gasteiger partial charge is 0.481 e. The fourth-order valence-electron chi connectivity index (χ4n) is 3.96. The van der Waals surface area contributed by atoms with Crippen molar-refractivity contribution in [3.8, 4) is 40.2 Å². The van der Waals surface area contributed by atoms with Crippen LogP contribution in [0.25, 0.3) is 28.2 Å². The third-order valence-electron chi connectivity index (χ3n) is 5.66. The average molecular weight is 487 g/mol. The van der Waals surface area contributed by atoms with E-state index in [1.807, 2.05) is 85.9 Å². The summed E-state index contributed by atoms with van der Waals surface area (Å²) in [5, 5.41) is 0. The van der Waals surface area contributed by atoms with Gasteiger partial charge >= 0.3 is 0 Å². The van der Waals surface area contributed by atoms with Crippen LogP contribution in [0.5, 0.6) is 5.88 Å². The number of methoxy groups -OCH3 is 1. The summed E-state index contributed by atoms with van der Waals surface area (Å²) in [7, 11) is 5.45. The highest BCUT2D eigenvalue weighted by molar-refractivity contribution is 5.86. The Morgan fingerprint density at radius 2 is 1.78 bits per heavy atom. The van der Waals surface area contributed by atoms with Gasteiger partial charge in [0.05, 0.1) is 24.7 Å². The maximum atomic E-state index is 5.59. The van der Waals surface area contributed by atoms with Crippen LogP contribution in [0.4, 0.5) is 5.82 Å². The van der Waals surface area contributed by atoms with Gasteiger partial charge in [0.15, 0.2) is 5.82 Å². The van der Waals surface area contributed by atoms with Crippen molar-refractivity contribution in [1.29, 1.82) is 0 Å². The maximum absolute atomic E-state index is 5.59. The first-order chi connectivity index (χ1) is 18.0. The van der Waals surface area contributed by atoms with Crippen LogP contribution in [0, 0.1) is 18.8 Å². The molecule has 5 rings (SSSR count). The number of pyridine rings is 3. The minimum absolute atomic E-state index is 0.501. The van der Waals surface area contributed by atoms with E-state index >= 15 is 0 Å². The van der Waals surface area contributed by atoms with Crippen LogP contribution in [0.2, 0.25) is 0 Å². The van der Waals surface area contributed by atoms with Crippen molar-refractivity contribution in [3.05, 3.63) is 95.9 Å². The van der Waals surface area contributed by atoms with Gasteiger partial charge in [-0.15, -0.1) is 0 Å². The molecule has 0 fully saturated rings. The number of rotatable bonds is 5. The van der Waals surface area contributed by atoms with E-state index < -0.39 is 0 Å². The molecule has 0 radical (unpaired) electrons. The number of hydrogen-bond acceptors (Lipinski definition) is 5. The third kappa shape index (κ3) is 5.04. The summed E-state index contributed by atoms with van der Waals surface area (Å²) in [6.07, 6.45) is 5.45. The second kappa shape index (κ2) is 10.3. The summed E-state index contributed by atoms with van der Waals surface area (Å²) in [6.45, 7) is 2.05. The summed E-state index contributed by atoms with van der Waals surface area (Å²) < 4.78 is 7.65. The highest BCUT2D eigenvalue weighted by Gasteiger charge is 2.22. The Balaban J connectivity index is 1.79. The second-order valence-electron chi connectivity index (χ2n) is 8.69. The highest BCUT2D eigenvalue weighted by Crippen LogP contribution is 2.38. The van der Waals surface area contributed by atoms with Gasteiger partial charge in [0, 0.05) is 37.6 Å². The normalized spacial score (nSPS) is 10.9. The van der Waals surface area contributed by atoms with Crippen LogP contribution in [-0.2, 0) is 0 Å². The van der Waals surface area contributed by atoms with Crippen molar-refractivity contribution in [2.75, 3.05) is 21.2 Å². The van der Waals surface area contributed by atoms with E-state index in [4.69, 9.17) is 14.7 Å². The van der Waals surface area contributed by atoms with Crippen LogP contribution < -0.4 is 4.74 Å². The van der Waals surface area contributed by atoms with Gasteiger partial charge in [-0.2, -0.15) is 0 Å². The van der Waals surface area contributed by atoms with Crippen molar-refractivity contribution >= 4 is 17.8 Å². The molecule has 0 unspecified atom stereocenters. The predicted octanol–water partition coefficient (Wildman–Crippen LogP) is 5.40. The van der Waals surface area contributed by atoms with Crippen molar-refractivity contribution in [3.63, 3.8) is 0 Å². The van der Waals surface area contributed by atoms with Crippen LogP contribution in [0.1, 0.15) is 16.8 Å². The molecule has 7 heteroatoms. The molecular formula is C30H26N6O. The standard InChI is InChI=1S/C30H26N6O/c1-21-16-18-36-27(19-21)34-28(24-11-8-17-31-30(24)37-4)29(36)23-13-15-26(32-20-35(2)3)33-25(23)14-12-22-9-6-5-7-10-22/h5-11,13,15-20H,1-4H3/b32-20+. The maximum Gasteiger partial charge on any atom is 0.222 e. The van der Waals surface area contributed by atoms with Crippen LogP contribution >= 0.6 is 0 Å². The summed E-state index contributed by atoms with van der Waals surface area (Å²) in [4.78, 5) is 20.6. The van der Waals surface area contributed by atoms with Gasteiger partial charge in [-0.1, -0.05) is 24.1 Å². The fourth-order valence-corrected chi connectivity index (χ4v) is 3.96. The number of hydrogen-bond donors (Lipinski definition) is 0. The first kappa shape index (κ1) is 23.8. The monoisotopic (exact) mass is 486 g/mol. The summed E-state index contributed by atoms with van der Waals surface area (Å²) in [5.74, 6) is 7.62. The third-order valence-corrected chi connectivity index (χ3v) is 5.66. The molecule has 0 amide bonds. The smallest absolute Gasteiger partial charge is 0.222 e. The first-order valence-electron chi connectivity index (χ1n) is 11.8. The van der Waals surface area contributed by atoms with E-state index in [0.717, 1.165) is 39.3 Å². The molecule has 0 bridgehead atoms. The lowest BCUT2D eigenvalue weighted by atomic mass is 10.0. The summed E-state index contributed by atoms with van der Waals surface area (Å²) in [5.41, 5.74) is 6.66. The number of fused-ring (bicyclic) bond motifs is 1. The van der Waals surface area contributed by atoms with Crippen LogP contribution in [0.15, 0.2) is 84.1 Å². The molecule has 1 aromatic carbocycles. The minimum atomic E-state index is 0.501. The Morgan fingerprint density at radius 1 is 0.946 bits per heavy atom. The van der Waals surface area contributed by atoms with Gasteiger partial charge in [-0.3, -0.25) is 4.40 Å². The van der Waals surface area contributed by atoms with Crippen molar-refractivity contribution in [1.82, 2.24) is 24.3 Å². The molecule has 0 aliphatic heterocycles. The molecule has 0 aliphatic rings. The lowest BCUT2D eigenvalue weighted by Crippen LogP contribution is -2.07. The molecule has 37 heavy (non-hydrogen) atoms. The van der Waals surface area contributed by atoms with E-state index in [9.17, 15) is 0 Å². The Kier molecular flexibility index (Phi) is 6.64. The van der Waals surface area contributed by atoms with Crippen molar-refractivity contribution < 1.29 is 4.74 Å². The van der Waals surface area contributed by atoms with Crippen LogP contribution in [-0.4, -0.2) is 51.8 Å². The van der Waals surface area contributed by atoms with Gasteiger partial charge in [0.1, 0.15) is 17.0 Å². The molecular weight excluding hydrogens is 460 g/mol. The lowest BCUT2D eigenvalue weighted by Gasteiger charge is -2.10. The van der Waals surface area contributed by atoms with E-state index in [1.54, 1.807) is 19.6 Å². The average Bonchev–Trinajstić information content (AvgIpc) is 3.29. The fraction of sp³-hybridized carbons (Fsp3) is 0.133. The zero-order chi connectivity index (χ0) is 25.8. The molecule has 0 atom stereocenters. The van der Waals surface area contributed by atoms with E-state index in [-0.39, 0.29) is 0 Å². The van der Waals surface area contributed by atoms with Gasteiger partial charge in [0.25, 0.3) is 0 Å². The number of imidazole rings is 1. The Hall–Kier alpha value is -4.96. The number of aromatic nitrogens is 4. The zero-order valence-corrected chi connectivity index (χ0v) is 21.2. The molecule has 4 heterocycles. The van der Waals surface area contributed by atoms with Crippen molar-refractivity contribution in [2.24, 2.45) is 4.99 Å². The number of ether oxygens (including phenoxy) is 1. The molecule has 182 valence electrons. The Bertz CT molecular complexity index is 1660. The molecule has 0 saturated heterocycles. The lowest BCUT2D eigenvalue weighted by molar-refractivity contribution is 0.399. The summed E-state index contributed by atoms with van der Waals surface area (Å²) >= 11 is 0. The van der Waals surface area contributed by atoms with E-state index in [0.29, 0.717) is 17.4 Å². The number of aliphatic imine (C=N–C) groups is 1. The van der Waals surface area contributed by atoms with Gasteiger partial charge in [0.2, 0.25) is 5.88 Å².